The van der Waals surface area contributed by atoms with Gasteiger partial charge in [-0.2, -0.15) is 0 Å². The molecule has 1 unspecified atom stereocenters. The summed E-state index contributed by atoms with van der Waals surface area (Å²) in [6, 6.07) is 5.69. The first-order chi connectivity index (χ1) is 6.63. The topological polar surface area (TPSA) is 0 Å². The van der Waals surface area contributed by atoms with Crippen LogP contribution in [-0.2, 0) is 6.42 Å². The second kappa shape index (κ2) is 5.99. The smallest absolute Gasteiger partial charge is 0.0452 e. The maximum atomic E-state index is 6.06. The zero-order valence-corrected chi connectivity index (χ0v) is 11.2. The standard InChI is InChI=1S/C11H13BrCl2/c1-2-9(12)5-3-8-4-6-10(13)7-11(8)14/h4,6-7,9H,2-3,5H2,1H3. The van der Waals surface area contributed by atoms with E-state index in [0.29, 0.717) is 9.85 Å². The lowest BCUT2D eigenvalue weighted by Crippen LogP contribution is -1.98. The van der Waals surface area contributed by atoms with E-state index in [0.717, 1.165) is 24.3 Å². The molecule has 0 saturated heterocycles. The van der Waals surface area contributed by atoms with Crippen molar-refractivity contribution in [3.8, 4) is 0 Å². The van der Waals surface area contributed by atoms with Gasteiger partial charge in [-0.05, 0) is 37.0 Å². The van der Waals surface area contributed by atoms with Crippen LogP contribution in [0.2, 0.25) is 10.0 Å². The third-order valence-corrected chi connectivity index (χ3v) is 3.88. The van der Waals surface area contributed by atoms with E-state index in [4.69, 9.17) is 23.2 Å². The molecule has 1 rings (SSSR count). The average molecular weight is 296 g/mol. The molecule has 0 radical (unpaired) electrons. The monoisotopic (exact) mass is 294 g/mol. The van der Waals surface area contributed by atoms with Gasteiger partial charge in [-0.1, -0.05) is 52.1 Å². The summed E-state index contributed by atoms with van der Waals surface area (Å²) in [5, 5.41) is 1.47. The van der Waals surface area contributed by atoms with E-state index < -0.39 is 0 Å². The minimum atomic E-state index is 0.578. The van der Waals surface area contributed by atoms with E-state index in [2.05, 4.69) is 22.9 Å². The Kier molecular flexibility index (Phi) is 5.29. The van der Waals surface area contributed by atoms with E-state index in [1.165, 1.54) is 5.56 Å². The molecule has 0 saturated carbocycles. The van der Waals surface area contributed by atoms with Crippen LogP contribution in [0, 0.1) is 0 Å². The highest BCUT2D eigenvalue weighted by atomic mass is 79.9. The third-order valence-electron chi connectivity index (χ3n) is 2.18. The van der Waals surface area contributed by atoms with Crippen molar-refractivity contribution in [3.63, 3.8) is 0 Å². The Hall–Kier alpha value is 0.280. The van der Waals surface area contributed by atoms with Gasteiger partial charge >= 0.3 is 0 Å². The van der Waals surface area contributed by atoms with Crippen LogP contribution in [0.4, 0.5) is 0 Å². The van der Waals surface area contributed by atoms with Crippen molar-refractivity contribution in [1.82, 2.24) is 0 Å². The molecule has 0 amide bonds. The van der Waals surface area contributed by atoms with Crippen LogP contribution in [0.5, 0.6) is 0 Å². The van der Waals surface area contributed by atoms with Crippen LogP contribution in [0.25, 0.3) is 0 Å². The summed E-state index contributed by atoms with van der Waals surface area (Å²) >= 11 is 15.5. The number of hydrogen-bond acceptors (Lipinski definition) is 0. The van der Waals surface area contributed by atoms with Crippen LogP contribution < -0.4 is 0 Å². The van der Waals surface area contributed by atoms with Gasteiger partial charge in [0, 0.05) is 14.9 Å². The quantitative estimate of drug-likeness (QED) is 0.678. The first kappa shape index (κ1) is 12.4. The maximum absolute atomic E-state index is 6.06. The molecule has 1 atom stereocenters. The van der Waals surface area contributed by atoms with Crippen LogP contribution in [0.3, 0.4) is 0 Å². The van der Waals surface area contributed by atoms with Crippen LogP contribution in [0.1, 0.15) is 25.3 Å². The predicted octanol–water partition coefficient (Wildman–Crippen LogP) is 5.10. The lowest BCUT2D eigenvalue weighted by molar-refractivity contribution is 0.746. The van der Waals surface area contributed by atoms with Crippen LogP contribution >= 0.6 is 39.1 Å². The van der Waals surface area contributed by atoms with Crippen molar-refractivity contribution in [1.29, 1.82) is 0 Å². The van der Waals surface area contributed by atoms with Crippen molar-refractivity contribution in [2.24, 2.45) is 0 Å². The Morgan fingerprint density at radius 2 is 2.07 bits per heavy atom. The zero-order chi connectivity index (χ0) is 10.6. The number of benzene rings is 1. The summed E-state index contributed by atoms with van der Waals surface area (Å²) < 4.78 is 0. The summed E-state index contributed by atoms with van der Waals surface area (Å²) in [6.07, 6.45) is 3.25. The van der Waals surface area contributed by atoms with Gasteiger partial charge in [-0.3, -0.25) is 0 Å². The summed E-state index contributed by atoms with van der Waals surface area (Å²) in [4.78, 5) is 0.578. The van der Waals surface area contributed by atoms with Gasteiger partial charge in [0.15, 0.2) is 0 Å². The SMILES string of the molecule is CCC(Br)CCc1ccc(Cl)cc1Cl. The zero-order valence-electron chi connectivity index (χ0n) is 8.06. The van der Waals surface area contributed by atoms with Crippen LogP contribution in [-0.4, -0.2) is 4.83 Å². The molecule has 0 fully saturated rings. The summed E-state index contributed by atoms with van der Waals surface area (Å²) in [5.41, 5.74) is 1.17. The molecular weight excluding hydrogens is 283 g/mol. The van der Waals surface area contributed by atoms with Gasteiger partial charge in [-0.25, -0.2) is 0 Å². The Morgan fingerprint density at radius 3 is 2.64 bits per heavy atom. The van der Waals surface area contributed by atoms with Crippen molar-refractivity contribution in [2.45, 2.75) is 31.0 Å². The molecule has 1 aromatic rings. The van der Waals surface area contributed by atoms with E-state index >= 15 is 0 Å². The first-order valence-corrected chi connectivity index (χ1v) is 6.38. The van der Waals surface area contributed by atoms with Gasteiger partial charge in [-0.15, -0.1) is 0 Å². The minimum absolute atomic E-state index is 0.578. The van der Waals surface area contributed by atoms with Crippen molar-refractivity contribution >= 4 is 39.1 Å². The molecule has 0 spiro atoms. The number of hydrogen-bond donors (Lipinski definition) is 0. The molecule has 0 bridgehead atoms. The highest BCUT2D eigenvalue weighted by Crippen LogP contribution is 2.23. The van der Waals surface area contributed by atoms with Crippen molar-refractivity contribution in [3.05, 3.63) is 33.8 Å². The molecule has 78 valence electrons. The minimum Gasteiger partial charge on any atom is -0.0891 e. The second-order valence-corrected chi connectivity index (χ2v) is 5.42. The molecule has 14 heavy (non-hydrogen) atoms. The van der Waals surface area contributed by atoms with Crippen LogP contribution in [0.15, 0.2) is 18.2 Å². The fourth-order valence-corrected chi connectivity index (χ4v) is 1.97. The second-order valence-electron chi connectivity index (χ2n) is 3.28. The number of rotatable bonds is 4. The Bertz CT molecular complexity index is 299. The third kappa shape index (κ3) is 3.80. The lowest BCUT2D eigenvalue weighted by Gasteiger charge is -2.08. The molecule has 3 heteroatoms. The number of halogens is 3. The molecule has 0 heterocycles. The van der Waals surface area contributed by atoms with Gasteiger partial charge in [0.05, 0.1) is 0 Å². The number of aryl methyl sites for hydroxylation is 1. The molecule has 0 aromatic heterocycles. The van der Waals surface area contributed by atoms with E-state index in [-0.39, 0.29) is 0 Å². The lowest BCUT2D eigenvalue weighted by atomic mass is 10.1. The van der Waals surface area contributed by atoms with E-state index in [1.54, 1.807) is 6.07 Å². The fourth-order valence-electron chi connectivity index (χ4n) is 1.24. The van der Waals surface area contributed by atoms with Gasteiger partial charge < -0.3 is 0 Å². The summed E-state index contributed by atoms with van der Waals surface area (Å²) in [5.74, 6) is 0. The molecule has 1 aromatic carbocycles. The normalized spacial score (nSPS) is 12.9. The van der Waals surface area contributed by atoms with Crippen molar-refractivity contribution in [2.75, 3.05) is 0 Å². The maximum Gasteiger partial charge on any atom is 0.0452 e. The predicted molar refractivity (Wildman–Crippen MR) is 67.8 cm³/mol. The average Bonchev–Trinajstić information content (AvgIpc) is 2.16. The fraction of sp³-hybridized carbons (Fsp3) is 0.455. The number of alkyl halides is 1. The molecule has 0 aliphatic rings. The Morgan fingerprint density at radius 1 is 1.36 bits per heavy atom. The van der Waals surface area contributed by atoms with Crippen molar-refractivity contribution < 1.29 is 0 Å². The molecule has 0 aliphatic heterocycles. The Balaban J connectivity index is 2.59. The summed E-state index contributed by atoms with van der Waals surface area (Å²) in [7, 11) is 0. The van der Waals surface area contributed by atoms with E-state index in [9.17, 15) is 0 Å². The highest BCUT2D eigenvalue weighted by molar-refractivity contribution is 9.09. The van der Waals surface area contributed by atoms with Gasteiger partial charge in [0.25, 0.3) is 0 Å². The largest absolute Gasteiger partial charge is 0.0891 e. The van der Waals surface area contributed by atoms with Gasteiger partial charge in [0.2, 0.25) is 0 Å². The summed E-state index contributed by atoms with van der Waals surface area (Å²) in [6.45, 7) is 2.17. The Labute approximate surface area is 104 Å². The molecule has 0 N–H and O–H groups in total. The molecule has 0 aliphatic carbocycles. The van der Waals surface area contributed by atoms with Gasteiger partial charge in [0.1, 0.15) is 0 Å². The first-order valence-electron chi connectivity index (χ1n) is 4.71. The molecule has 0 nitrogen and oxygen atoms in total. The highest BCUT2D eigenvalue weighted by Gasteiger charge is 2.05. The van der Waals surface area contributed by atoms with E-state index in [1.807, 2.05) is 12.1 Å². The molecular formula is C11H13BrCl2.